The van der Waals surface area contributed by atoms with E-state index < -0.39 is 0 Å². The zero-order valence-electron chi connectivity index (χ0n) is 9.95. The molecule has 0 amide bonds. The van der Waals surface area contributed by atoms with Crippen LogP contribution in [0.15, 0.2) is 0 Å². The van der Waals surface area contributed by atoms with Gasteiger partial charge in [-0.3, -0.25) is 9.80 Å². The fourth-order valence-electron chi connectivity index (χ4n) is 2.81. The highest BCUT2D eigenvalue weighted by Crippen LogP contribution is 2.20. The highest BCUT2D eigenvalue weighted by atomic mass is 127. The Hall–Kier alpha value is 0.650. The van der Waals surface area contributed by atoms with E-state index in [0.717, 1.165) is 6.04 Å². The van der Waals surface area contributed by atoms with Crippen molar-refractivity contribution in [3.05, 3.63) is 0 Å². The molecule has 90 valence electrons. The lowest BCUT2D eigenvalue weighted by atomic mass is 10.0. The molecule has 3 rings (SSSR count). The van der Waals surface area contributed by atoms with Gasteiger partial charge in [-0.2, -0.15) is 0 Å². The number of piperazine rings is 3. The second-order valence-corrected chi connectivity index (χ2v) is 4.84. The molecule has 0 aromatic carbocycles. The molecule has 15 heavy (non-hydrogen) atoms. The van der Waals surface area contributed by atoms with Crippen molar-refractivity contribution in [2.24, 2.45) is 0 Å². The summed E-state index contributed by atoms with van der Waals surface area (Å²) in [7, 11) is 0. The van der Waals surface area contributed by atoms with Crippen molar-refractivity contribution in [1.29, 1.82) is 0 Å². The number of unbranched alkanes of at least 4 members (excludes halogenated alkanes) is 3. The van der Waals surface area contributed by atoms with Crippen LogP contribution in [0.3, 0.4) is 0 Å². The highest BCUT2D eigenvalue weighted by molar-refractivity contribution is 14.0. The van der Waals surface area contributed by atoms with E-state index >= 15 is 0 Å². The number of rotatable bonds is 5. The van der Waals surface area contributed by atoms with Crippen LogP contribution in [0.5, 0.6) is 0 Å². The molecule has 0 aromatic rings. The molecule has 3 saturated heterocycles. The van der Waals surface area contributed by atoms with Gasteiger partial charge in [0.05, 0.1) is 0 Å². The summed E-state index contributed by atoms with van der Waals surface area (Å²) in [6, 6.07) is 0.898. The van der Waals surface area contributed by atoms with Crippen molar-refractivity contribution in [2.75, 3.05) is 32.7 Å². The maximum absolute atomic E-state index is 2.71. The molecule has 0 radical (unpaired) electrons. The van der Waals surface area contributed by atoms with Crippen LogP contribution in [0.1, 0.15) is 39.0 Å². The molecule has 1 unspecified atom stereocenters. The lowest BCUT2D eigenvalue weighted by Crippen LogP contribution is -2.60. The van der Waals surface area contributed by atoms with Gasteiger partial charge in [0.2, 0.25) is 0 Å². The zero-order valence-corrected chi connectivity index (χ0v) is 12.3. The van der Waals surface area contributed by atoms with Crippen molar-refractivity contribution in [2.45, 2.75) is 45.1 Å². The minimum Gasteiger partial charge on any atom is -0.299 e. The summed E-state index contributed by atoms with van der Waals surface area (Å²) < 4.78 is 0. The zero-order chi connectivity index (χ0) is 9.80. The summed E-state index contributed by atoms with van der Waals surface area (Å²) in [6.45, 7) is 8.96. The van der Waals surface area contributed by atoms with E-state index in [1.807, 2.05) is 0 Å². The molecule has 1 atom stereocenters. The van der Waals surface area contributed by atoms with Gasteiger partial charge in [0.15, 0.2) is 0 Å². The average molecular weight is 324 g/mol. The smallest absolute Gasteiger partial charge is 0.0224 e. The molecule has 2 nitrogen and oxygen atoms in total. The van der Waals surface area contributed by atoms with E-state index in [1.54, 1.807) is 0 Å². The summed E-state index contributed by atoms with van der Waals surface area (Å²) in [5, 5.41) is 0. The van der Waals surface area contributed by atoms with Crippen molar-refractivity contribution < 1.29 is 0 Å². The second-order valence-electron chi connectivity index (χ2n) is 4.84. The van der Waals surface area contributed by atoms with E-state index in [9.17, 15) is 0 Å². The Morgan fingerprint density at radius 3 is 2.27 bits per heavy atom. The first kappa shape index (κ1) is 13.7. The Labute approximate surface area is 111 Å². The molecule has 0 saturated carbocycles. The lowest BCUT2D eigenvalue weighted by molar-refractivity contribution is 0.00886. The number of hydrogen-bond acceptors (Lipinski definition) is 2. The summed E-state index contributed by atoms with van der Waals surface area (Å²) in [6.07, 6.45) is 7.12. The first-order valence-corrected chi connectivity index (χ1v) is 6.36. The van der Waals surface area contributed by atoms with Gasteiger partial charge in [0, 0.05) is 38.8 Å². The number of nitrogens with zero attached hydrogens (tertiary/aromatic N) is 2. The van der Waals surface area contributed by atoms with Crippen LogP contribution in [0, 0.1) is 0 Å². The van der Waals surface area contributed by atoms with Crippen LogP contribution in [-0.4, -0.2) is 48.6 Å². The van der Waals surface area contributed by atoms with Crippen LogP contribution in [0.2, 0.25) is 0 Å². The summed E-state index contributed by atoms with van der Waals surface area (Å²) >= 11 is 0. The van der Waals surface area contributed by atoms with Gasteiger partial charge in [-0.15, -0.1) is 24.0 Å². The molecule has 3 aliphatic heterocycles. The van der Waals surface area contributed by atoms with Crippen LogP contribution in [-0.2, 0) is 0 Å². The fraction of sp³-hybridized carbons (Fsp3) is 1.00. The first-order chi connectivity index (χ1) is 6.90. The molecule has 0 aromatic heterocycles. The molecule has 3 aliphatic rings. The second kappa shape index (κ2) is 7.07. The number of halogens is 1. The van der Waals surface area contributed by atoms with Crippen LogP contribution < -0.4 is 0 Å². The SMILES string of the molecule is CCCCCCC1CN2CCN1CC2.I. The largest absolute Gasteiger partial charge is 0.299 e. The fourth-order valence-corrected chi connectivity index (χ4v) is 2.81. The minimum atomic E-state index is 0. The van der Waals surface area contributed by atoms with Gasteiger partial charge in [-0.05, 0) is 6.42 Å². The third-order valence-corrected chi connectivity index (χ3v) is 3.78. The molecule has 2 bridgehead atoms. The third kappa shape index (κ3) is 3.86. The average Bonchev–Trinajstić information content (AvgIpc) is 2.26. The Balaban J connectivity index is 0.00000112. The quantitative estimate of drug-likeness (QED) is 0.567. The van der Waals surface area contributed by atoms with Crippen LogP contribution in [0.4, 0.5) is 0 Å². The standard InChI is InChI=1S/C12H24N2.HI/c1-2-3-4-5-6-12-11-13-7-9-14(12)10-8-13;/h12H,2-11H2,1H3;1H. The van der Waals surface area contributed by atoms with Gasteiger partial charge < -0.3 is 0 Å². The van der Waals surface area contributed by atoms with E-state index in [2.05, 4.69) is 16.7 Å². The van der Waals surface area contributed by atoms with Crippen molar-refractivity contribution in [3.8, 4) is 0 Å². The summed E-state index contributed by atoms with van der Waals surface area (Å²) in [5.41, 5.74) is 0. The number of fused-ring (bicyclic) bond motifs is 3. The molecule has 0 aliphatic carbocycles. The molecular formula is C12H25IN2. The topological polar surface area (TPSA) is 6.48 Å². The van der Waals surface area contributed by atoms with Gasteiger partial charge in [-0.1, -0.05) is 32.6 Å². The van der Waals surface area contributed by atoms with E-state index in [0.29, 0.717) is 0 Å². The lowest BCUT2D eigenvalue weighted by Gasteiger charge is -2.47. The van der Waals surface area contributed by atoms with E-state index in [-0.39, 0.29) is 24.0 Å². The maximum atomic E-state index is 2.71. The molecule has 3 heteroatoms. The monoisotopic (exact) mass is 324 g/mol. The predicted octanol–water partition coefficient (Wildman–Crippen LogP) is 2.57. The Morgan fingerprint density at radius 2 is 1.73 bits per heavy atom. The molecule has 3 fully saturated rings. The Bertz CT molecular complexity index is 167. The van der Waals surface area contributed by atoms with Gasteiger partial charge in [0.1, 0.15) is 0 Å². The first-order valence-electron chi connectivity index (χ1n) is 6.36. The van der Waals surface area contributed by atoms with Crippen molar-refractivity contribution in [3.63, 3.8) is 0 Å². The molecule has 0 spiro atoms. The Morgan fingerprint density at radius 1 is 1.00 bits per heavy atom. The van der Waals surface area contributed by atoms with Crippen molar-refractivity contribution >= 4 is 24.0 Å². The summed E-state index contributed by atoms with van der Waals surface area (Å²) in [4.78, 5) is 5.36. The Kier molecular flexibility index (Phi) is 6.46. The predicted molar refractivity (Wildman–Crippen MR) is 76.0 cm³/mol. The van der Waals surface area contributed by atoms with E-state index in [1.165, 1.54) is 64.8 Å². The maximum Gasteiger partial charge on any atom is 0.0224 e. The van der Waals surface area contributed by atoms with E-state index in [4.69, 9.17) is 0 Å². The molecular weight excluding hydrogens is 299 g/mol. The summed E-state index contributed by atoms with van der Waals surface area (Å²) in [5.74, 6) is 0. The van der Waals surface area contributed by atoms with Gasteiger partial charge in [-0.25, -0.2) is 0 Å². The molecule has 3 heterocycles. The van der Waals surface area contributed by atoms with Gasteiger partial charge in [0.25, 0.3) is 0 Å². The highest BCUT2D eigenvalue weighted by Gasteiger charge is 2.30. The third-order valence-electron chi connectivity index (χ3n) is 3.78. The number of hydrogen-bond donors (Lipinski definition) is 0. The van der Waals surface area contributed by atoms with Crippen molar-refractivity contribution in [1.82, 2.24) is 9.80 Å². The normalized spacial score (nSPS) is 33.8. The molecule has 0 N–H and O–H groups in total. The van der Waals surface area contributed by atoms with Crippen LogP contribution >= 0.6 is 24.0 Å². The minimum absolute atomic E-state index is 0. The van der Waals surface area contributed by atoms with Gasteiger partial charge >= 0.3 is 0 Å². The van der Waals surface area contributed by atoms with Crippen LogP contribution in [0.25, 0.3) is 0 Å².